The van der Waals surface area contributed by atoms with Crippen molar-refractivity contribution in [3.63, 3.8) is 0 Å². The maximum Gasteiger partial charge on any atom is 0.301 e. The number of aromatic nitrogens is 1. The van der Waals surface area contributed by atoms with Gasteiger partial charge in [-0.15, -0.1) is 0 Å². The van der Waals surface area contributed by atoms with Gasteiger partial charge in [0.05, 0.1) is 28.9 Å². The zero-order valence-corrected chi connectivity index (χ0v) is 21.8. The number of amides is 1. The number of ether oxygens (including phenoxy) is 3. The fourth-order valence-corrected chi connectivity index (χ4v) is 6.13. The molecule has 1 aromatic heterocycles. The highest BCUT2D eigenvalue weighted by Gasteiger charge is 2.48. The number of aliphatic hydroxyl groups is 1. The monoisotopic (exact) mass is 528 g/mol. The summed E-state index contributed by atoms with van der Waals surface area (Å²) in [6.07, 6.45) is 0. The number of fused-ring (bicyclic) bond motifs is 2. The van der Waals surface area contributed by atoms with Gasteiger partial charge in [0.25, 0.3) is 5.78 Å². The van der Waals surface area contributed by atoms with Crippen LogP contribution in [0.1, 0.15) is 28.3 Å². The predicted octanol–water partition coefficient (Wildman–Crippen LogP) is 5.32. The first-order valence-corrected chi connectivity index (χ1v) is 12.9. The maximum absolute atomic E-state index is 13.6. The summed E-state index contributed by atoms with van der Waals surface area (Å²) in [5.41, 5.74) is 3.75. The Bertz CT molecular complexity index is 1660. The van der Waals surface area contributed by atoms with Crippen molar-refractivity contribution in [2.75, 3.05) is 25.2 Å². The zero-order chi connectivity index (χ0) is 26.6. The Morgan fingerprint density at radius 1 is 1.05 bits per heavy atom. The van der Waals surface area contributed by atoms with Gasteiger partial charge in [0.2, 0.25) is 0 Å². The van der Waals surface area contributed by atoms with Gasteiger partial charge in [-0.1, -0.05) is 29.5 Å². The van der Waals surface area contributed by atoms with Crippen LogP contribution in [0.3, 0.4) is 0 Å². The molecule has 38 heavy (non-hydrogen) atoms. The Morgan fingerprint density at radius 2 is 1.84 bits per heavy atom. The van der Waals surface area contributed by atoms with Crippen LogP contribution in [-0.4, -0.2) is 42.1 Å². The lowest BCUT2D eigenvalue weighted by Crippen LogP contribution is -2.29. The fraction of sp³-hybridized carbons (Fsp3) is 0.207. The second-order valence-corrected chi connectivity index (χ2v) is 10.2. The quantitative estimate of drug-likeness (QED) is 0.218. The lowest BCUT2D eigenvalue weighted by Gasteiger charge is -2.23. The predicted molar refractivity (Wildman–Crippen MR) is 144 cm³/mol. The molecule has 6 rings (SSSR count). The molecule has 2 aliphatic heterocycles. The molecule has 0 radical (unpaired) electrons. The number of carbonyl (C=O) groups excluding carboxylic acids is 2. The molecule has 8 nitrogen and oxygen atoms in total. The number of hydrogen-bond acceptors (Lipinski definition) is 8. The lowest BCUT2D eigenvalue weighted by molar-refractivity contribution is -0.132. The van der Waals surface area contributed by atoms with E-state index in [1.54, 1.807) is 49.6 Å². The molecule has 1 N–H and O–H groups in total. The van der Waals surface area contributed by atoms with E-state index in [4.69, 9.17) is 19.2 Å². The van der Waals surface area contributed by atoms with E-state index < -0.39 is 17.7 Å². The number of Topliss-reactive ketones (excluding diaryl/α,β-unsaturated/α-hetero) is 1. The van der Waals surface area contributed by atoms with Gasteiger partial charge in [0.1, 0.15) is 24.7 Å². The Kier molecular flexibility index (Phi) is 5.80. The second kappa shape index (κ2) is 9.18. The summed E-state index contributed by atoms with van der Waals surface area (Å²) < 4.78 is 17.6. The van der Waals surface area contributed by atoms with Crippen LogP contribution in [0.25, 0.3) is 16.0 Å². The van der Waals surface area contributed by atoms with Crippen molar-refractivity contribution in [2.24, 2.45) is 0 Å². The van der Waals surface area contributed by atoms with Crippen LogP contribution in [0, 0.1) is 13.8 Å². The highest BCUT2D eigenvalue weighted by atomic mass is 32.1. The number of carbonyl (C=O) groups is 2. The van der Waals surface area contributed by atoms with Gasteiger partial charge in [0.15, 0.2) is 16.6 Å². The summed E-state index contributed by atoms with van der Waals surface area (Å²) in [7, 11) is 1.55. The fourth-order valence-electron chi connectivity index (χ4n) is 4.96. The number of aliphatic hydroxyl groups excluding tert-OH is 1. The third-order valence-electron chi connectivity index (χ3n) is 6.69. The van der Waals surface area contributed by atoms with Crippen LogP contribution >= 0.6 is 11.3 Å². The van der Waals surface area contributed by atoms with E-state index in [1.165, 1.54) is 16.2 Å². The SMILES string of the molecule is COc1cccc([C@H]2/C(=C(\O)c3ccc4c(c3)OCCO4)C(=O)C(=O)N2c2nc3c(C)cc(C)cc3s2)c1. The van der Waals surface area contributed by atoms with Crippen molar-refractivity contribution >= 4 is 44.1 Å². The molecule has 0 spiro atoms. The minimum atomic E-state index is -0.916. The Labute approximate surface area is 222 Å². The van der Waals surface area contributed by atoms with Crippen molar-refractivity contribution in [3.05, 3.63) is 82.4 Å². The number of ketones is 1. The summed E-state index contributed by atoms with van der Waals surface area (Å²) >= 11 is 1.33. The van der Waals surface area contributed by atoms with Gasteiger partial charge in [-0.05, 0) is 66.9 Å². The highest BCUT2D eigenvalue weighted by molar-refractivity contribution is 7.22. The number of anilines is 1. The third-order valence-corrected chi connectivity index (χ3v) is 7.70. The lowest BCUT2D eigenvalue weighted by atomic mass is 9.95. The second-order valence-electron chi connectivity index (χ2n) is 9.23. The van der Waals surface area contributed by atoms with Crippen LogP contribution in [0.15, 0.2) is 60.2 Å². The van der Waals surface area contributed by atoms with E-state index in [1.807, 2.05) is 26.0 Å². The van der Waals surface area contributed by atoms with E-state index >= 15 is 0 Å². The number of hydrogen-bond donors (Lipinski definition) is 1. The summed E-state index contributed by atoms with van der Waals surface area (Å²) in [6, 6.07) is 15.2. The molecule has 1 saturated heterocycles. The summed E-state index contributed by atoms with van der Waals surface area (Å²) in [6.45, 7) is 4.78. The van der Waals surface area contributed by atoms with Gasteiger partial charge in [0, 0.05) is 5.56 Å². The van der Waals surface area contributed by atoms with Crippen molar-refractivity contribution in [1.29, 1.82) is 0 Å². The summed E-state index contributed by atoms with van der Waals surface area (Å²) in [4.78, 5) is 33.3. The van der Waals surface area contributed by atoms with E-state index in [9.17, 15) is 14.7 Å². The number of thiazole rings is 1. The largest absolute Gasteiger partial charge is 0.507 e. The van der Waals surface area contributed by atoms with Crippen molar-refractivity contribution in [2.45, 2.75) is 19.9 Å². The number of methoxy groups -OCH3 is 1. The molecule has 3 aromatic carbocycles. The van der Waals surface area contributed by atoms with Gasteiger partial charge >= 0.3 is 5.91 Å². The molecule has 1 amide bonds. The standard InChI is InChI=1S/C29H24N2O6S/c1-15-11-16(2)24-22(12-15)38-29(30-24)31-25(17-5-4-6-19(13-17)35-3)23(27(33)28(31)34)26(32)18-7-8-20-21(14-18)37-10-9-36-20/h4-8,11-14,25,32H,9-10H2,1-3H3/b26-23+/t25-/m0/s1. The Hall–Kier alpha value is -4.37. The molecule has 2 aliphatic rings. The molecule has 0 bridgehead atoms. The topological polar surface area (TPSA) is 98.2 Å². The highest BCUT2D eigenvalue weighted by Crippen LogP contribution is 2.46. The van der Waals surface area contributed by atoms with Crippen molar-refractivity contribution < 1.29 is 28.9 Å². The van der Waals surface area contributed by atoms with Gasteiger partial charge in [-0.25, -0.2) is 4.98 Å². The smallest absolute Gasteiger partial charge is 0.301 e. The van der Waals surface area contributed by atoms with Crippen LogP contribution < -0.4 is 19.1 Å². The molecule has 3 heterocycles. The average Bonchev–Trinajstić information content (AvgIpc) is 3.46. The minimum absolute atomic E-state index is 0.0351. The van der Waals surface area contributed by atoms with Crippen molar-refractivity contribution in [1.82, 2.24) is 4.98 Å². The maximum atomic E-state index is 13.6. The number of rotatable bonds is 4. The molecule has 0 aliphatic carbocycles. The van der Waals surface area contributed by atoms with Crippen LogP contribution in [-0.2, 0) is 9.59 Å². The summed E-state index contributed by atoms with van der Waals surface area (Å²) in [5.74, 6) is -0.281. The normalized spacial score (nSPS) is 18.3. The molecule has 9 heteroatoms. The van der Waals surface area contributed by atoms with E-state index in [2.05, 4.69) is 0 Å². The molecular formula is C29H24N2O6S. The van der Waals surface area contributed by atoms with E-state index in [0.29, 0.717) is 46.7 Å². The van der Waals surface area contributed by atoms with Crippen molar-refractivity contribution in [3.8, 4) is 17.2 Å². The molecule has 4 aromatic rings. The Morgan fingerprint density at radius 3 is 2.63 bits per heavy atom. The zero-order valence-electron chi connectivity index (χ0n) is 21.0. The number of aryl methyl sites for hydroxylation is 2. The molecule has 1 fully saturated rings. The molecule has 0 saturated carbocycles. The first-order valence-electron chi connectivity index (χ1n) is 12.1. The third kappa shape index (κ3) is 3.86. The van der Waals surface area contributed by atoms with Crippen LogP contribution in [0.2, 0.25) is 0 Å². The average molecular weight is 529 g/mol. The van der Waals surface area contributed by atoms with Gasteiger partial charge < -0.3 is 19.3 Å². The van der Waals surface area contributed by atoms with E-state index in [0.717, 1.165) is 21.3 Å². The molecule has 1 atom stereocenters. The molecule has 192 valence electrons. The number of nitrogens with zero attached hydrogens (tertiary/aromatic N) is 2. The molecule has 0 unspecified atom stereocenters. The van der Waals surface area contributed by atoms with Gasteiger partial charge in [-0.3, -0.25) is 14.5 Å². The summed E-state index contributed by atoms with van der Waals surface area (Å²) in [5, 5.41) is 11.9. The van der Waals surface area contributed by atoms with Crippen LogP contribution in [0.5, 0.6) is 17.2 Å². The van der Waals surface area contributed by atoms with Gasteiger partial charge in [-0.2, -0.15) is 0 Å². The minimum Gasteiger partial charge on any atom is -0.507 e. The first kappa shape index (κ1) is 24.0. The first-order chi connectivity index (χ1) is 18.4. The van der Waals surface area contributed by atoms with Crippen LogP contribution in [0.4, 0.5) is 5.13 Å². The van der Waals surface area contributed by atoms with E-state index in [-0.39, 0.29) is 11.3 Å². The number of benzene rings is 3. The Balaban J connectivity index is 1.56. The molecular weight excluding hydrogens is 504 g/mol.